The average Bonchev–Trinajstić information content (AvgIpc) is 1.94. The molecule has 0 spiro atoms. The van der Waals surface area contributed by atoms with Gasteiger partial charge in [-0.25, -0.2) is 0 Å². The van der Waals surface area contributed by atoms with E-state index in [9.17, 15) is 0 Å². The number of nitrogens with one attached hydrogen (secondary N) is 1. The molecule has 0 aliphatic carbocycles. The van der Waals surface area contributed by atoms with Crippen LogP contribution in [-0.2, 0) is 0 Å². The van der Waals surface area contributed by atoms with Crippen molar-refractivity contribution in [1.82, 2.24) is 0 Å². The monoisotopic (exact) mass is 167 g/mol. The van der Waals surface area contributed by atoms with Crippen LogP contribution in [0.3, 0.4) is 0 Å². The number of amidine groups is 1. The van der Waals surface area contributed by atoms with E-state index >= 15 is 0 Å². The molecular formula is C7H9N3S. The maximum atomic E-state index is 7.11. The molecule has 4 heteroatoms. The van der Waals surface area contributed by atoms with Crippen LogP contribution < -0.4 is 11.5 Å². The lowest BCUT2D eigenvalue weighted by Crippen LogP contribution is -2.10. The van der Waals surface area contributed by atoms with E-state index in [-0.39, 0.29) is 5.84 Å². The number of nitrogens with two attached hydrogens (primary N) is 2. The van der Waals surface area contributed by atoms with E-state index in [1.54, 1.807) is 18.2 Å². The predicted octanol–water partition coefficient (Wildman–Crippen LogP) is 0.842. The van der Waals surface area contributed by atoms with Crippen LogP contribution in [0.4, 0.5) is 5.69 Å². The van der Waals surface area contributed by atoms with Gasteiger partial charge in [-0.1, -0.05) is 0 Å². The van der Waals surface area contributed by atoms with Crippen molar-refractivity contribution in [3.8, 4) is 0 Å². The molecule has 0 saturated carbocycles. The van der Waals surface area contributed by atoms with Gasteiger partial charge in [0.2, 0.25) is 0 Å². The standard InChI is InChI=1S/C7H9N3S/c8-5-2-1-4(7(9)10)3-6(5)11/h1-3,11H,8H2,(H3,9,10). The van der Waals surface area contributed by atoms with Gasteiger partial charge in [0.1, 0.15) is 5.84 Å². The van der Waals surface area contributed by atoms with E-state index in [1.165, 1.54) is 0 Å². The van der Waals surface area contributed by atoms with Gasteiger partial charge in [0.25, 0.3) is 0 Å². The summed E-state index contributed by atoms with van der Waals surface area (Å²) < 4.78 is 0. The van der Waals surface area contributed by atoms with E-state index in [0.29, 0.717) is 16.1 Å². The molecule has 1 aromatic rings. The molecule has 0 aliphatic rings. The fraction of sp³-hybridized carbons (Fsp3) is 0. The van der Waals surface area contributed by atoms with Gasteiger partial charge in [0, 0.05) is 16.1 Å². The topological polar surface area (TPSA) is 75.9 Å². The van der Waals surface area contributed by atoms with Gasteiger partial charge in [-0.2, -0.15) is 0 Å². The summed E-state index contributed by atoms with van der Waals surface area (Å²) in [5, 5.41) is 7.11. The van der Waals surface area contributed by atoms with E-state index in [4.69, 9.17) is 16.9 Å². The van der Waals surface area contributed by atoms with Crippen molar-refractivity contribution >= 4 is 24.2 Å². The van der Waals surface area contributed by atoms with Gasteiger partial charge in [0.15, 0.2) is 0 Å². The van der Waals surface area contributed by atoms with Gasteiger partial charge in [-0.05, 0) is 18.2 Å². The van der Waals surface area contributed by atoms with E-state index in [2.05, 4.69) is 12.6 Å². The van der Waals surface area contributed by atoms with Crippen molar-refractivity contribution in [3.63, 3.8) is 0 Å². The second-order valence-electron chi connectivity index (χ2n) is 2.19. The van der Waals surface area contributed by atoms with Crippen LogP contribution in [0, 0.1) is 5.41 Å². The zero-order chi connectivity index (χ0) is 8.43. The van der Waals surface area contributed by atoms with E-state index in [0.717, 1.165) is 0 Å². The number of nitrogen functional groups attached to an aromatic ring is 2. The average molecular weight is 167 g/mol. The van der Waals surface area contributed by atoms with Gasteiger partial charge >= 0.3 is 0 Å². The summed E-state index contributed by atoms with van der Waals surface area (Å²) in [4.78, 5) is 0.651. The third-order valence-electron chi connectivity index (χ3n) is 1.34. The summed E-state index contributed by atoms with van der Waals surface area (Å²) in [6, 6.07) is 5.04. The zero-order valence-corrected chi connectivity index (χ0v) is 6.73. The van der Waals surface area contributed by atoms with Crippen LogP contribution >= 0.6 is 12.6 Å². The second-order valence-corrected chi connectivity index (χ2v) is 2.67. The Morgan fingerprint density at radius 2 is 2.09 bits per heavy atom. The molecule has 11 heavy (non-hydrogen) atoms. The first-order chi connectivity index (χ1) is 5.11. The largest absolute Gasteiger partial charge is 0.398 e. The number of benzene rings is 1. The number of anilines is 1. The van der Waals surface area contributed by atoms with Crippen LogP contribution in [-0.4, -0.2) is 5.84 Å². The molecule has 0 atom stereocenters. The molecule has 0 aromatic heterocycles. The molecule has 0 unspecified atom stereocenters. The summed E-state index contributed by atoms with van der Waals surface area (Å²) in [5.41, 5.74) is 12.0. The fourth-order valence-electron chi connectivity index (χ4n) is 0.711. The third-order valence-corrected chi connectivity index (χ3v) is 1.73. The van der Waals surface area contributed by atoms with Crippen LogP contribution in [0.25, 0.3) is 0 Å². The molecule has 0 radical (unpaired) electrons. The van der Waals surface area contributed by atoms with Crippen molar-refractivity contribution in [2.24, 2.45) is 5.73 Å². The van der Waals surface area contributed by atoms with Crippen molar-refractivity contribution in [2.75, 3.05) is 5.73 Å². The Bertz CT molecular complexity index is 296. The molecular weight excluding hydrogens is 158 g/mol. The highest BCUT2D eigenvalue weighted by Gasteiger charge is 1.98. The molecule has 0 aliphatic heterocycles. The Morgan fingerprint density at radius 1 is 1.45 bits per heavy atom. The molecule has 1 rings (SSSR count). The number of rotatable bonds is 1. The molecule has 0 heterocycles. The number of hydrogen-bond acceptors (Lipinski definition) is 3. The molecule has 58 valence electrons. The first-order valence-corrected chi connectivity index (χ1v) is 3.49. The minimum atomic E-state index is 0.0281. The first kappa shape index (κ1) is 7.94. The van der Waals surface area contributed by atoms with E-state index < -0.39 is 0 Å². The second kappa shape index (κ2) is 2.84. The van der Waals surface area contributed by atoms with E-state index in [1.807, 2.05) is 0 Å². The lowest BCUT2D eigenvalue weighted by atomic mass is 10.2. The van der Waals surface area contributed by atoms with Crippen molar-refractivity contribution in [1.29, 1.82) is 5.41 Å². The molecule has 5 N–H and O–H groups in total. The summed E-state index contributed by atoms with van der Waals surface area (Å²) >= 11 is 4.08. The summed E-state index contributed by atoms with van der Waals surface area (Å²) in [6.45, 7) is 0. The van der Waals surface area contributed by atoms with Crippen molar-refractivity contribution in [3.05, 3.63) is 23.8 Å². The fourth-order valence-corrected chi connectivity index (χ4v) is 0.925. The molecule has 3 nitrogen and oxygen atoms in total. The van der Waals surface area contributed by atoms with Gasteiger partial charge < -0.3 is 11.5 Å². The predicted molar refractivity (Wildman–Crippen MR) is 49.1 cm³/mol. The normalized spacial score (nSPS) is 9.55. The summed E-state index contributed by atoms with van der Waals surface area (Å²) in [5.74, 6) is 0.0281. The van der Waals surface area contributed by atoms with Crippen LogP contribution in [0.1, 0.15) is 5.56 Å². The maximum Gasteiger partial charge on any atom is 0.122 e. The van der Waals surface area contributed by atoms with Gasteiger partial charge in [-0.3, -0.25) is 5.41 Å². The minimum Gasteiger partial charge on any atom is -0.398 e. The van der Waals surface area contributed by atoms with Crippen molar-refractivity contribution in [2.45, 2.75) is 4.90 Å². The highest BCUT2D eigenvalue weighted by Crippen LogP contribution is 2.17. The Labute approximate surface area is 70.3 Å². The molecule has 1 aromatic carbocycles. The Kier molecular flexibility index (Phi) is 2.05. The molecule has 0 bridgehead atoms. The summed E-state index contributed by atoms with van der Waals surface area (Å²) in [6.07, 6.45) is 0. The van der Waals surface area contributed by atoms with Crippen molar-refractivity contribution < 1.29 is 0 Å². The Balaban J connectivity index is 3.15. The molecule has 0 fully saturated rings. The maximum absolute atomic E-state index is 7.11. The van der Waals surface area contributed by atoms with Crippen LogP contribution in [0.5, 0.6) is 0 Å². The first-order valence-electron chi connectivity index (χ1n) is 3.04. The van der Waals surface area contributed by atoms with Gasteiger partial charge in [-0.15, -0.1) is 12.6 Å². The minimum absolute atomic E-state index is 0.0281. The summed E-state index contributed by atoms with van der Waals surface area (Å²) in [7, 11) is 0. The van der Waals surface area contributed by atoms with Crippen LogP contribution in [0.15, 0.2) is 23.1 Å². The quantitative estimate of drug-likeness (QED) is 0.216. The third kappa shape index (κ3) is 1.65. The molecule has 0 amide bonds. The molecule has 0 saturated heterocycles. The SMILES string of the molecule is N=C(N)c1ccc(N)c(S)c1. The number of thiol groups is 1. The smallest absolute Gasteiger partial charge is 0.122 e. The van der Waals surface area contributed by atoms with Gasteiger partial charge in [0.05, 0.1) is 0 Å². The Morgan fingerprint density at radius 3 is 2.55 bits per heavy atom. The zero-order valence-electron chi connectivity index (χ0n) is 5.83. The lowest BCUT2D eigenvalue weighted by Gasteiger charge is -2.01. The highest BCUT2D eigenvalue weighted by atomic mass is 32.1. The van der Waals surface area contributed by atoms with Crippen LogP contribution in [0.2, 0.25) is 0 Å². The number of hydrogen-bond donors (Lipinski definition) is 4. The lowest BCUT2D eigenvalue weighted by molar-refractivity contribution is 1.38. The highest BCUT2D eigenvalue weighted by molar-refractivity contribution is 7.80. The Hall–Kier alpha value is -1.16.